The molecule has 2 aliphatic heterocycles. The molecule has 1 N–H and O–H groups in total. The second-order valence-corrected chi connectivity index (χ2v) is 9.99. The molecule has 0 aromatic heterocycles. The molecule has 0 aliphatic carbocycles. The third-order valence-corrected chi connectivity index (χ3v) is 7.79. The third-order valence-electron chi connectivity index (χ3n) is 5.87. The molecule has 0 spiro atoms. The molecule has 8 heteroatoms. The van der Waals surface area contributed by atoms with Gasteiger partial charge in [-0.15, -0.1) is 0 Å². The lowest BCUT2D eigenvalue weighted by Gasteiger charge is -2.31. The quantitative estimate of drug-likeness (QED) is 0.740. The first-order valence-electron chi connectivity index (χ1n) is 10.7. The number of nitrogens with one attached hydrogen (secondary N) is 1. The minimum absolute atomic E-state index is 0.0215. The lowest BCUT2D eigenvalue weighted by atomic mass is 9.94. The molecule has 0 saturated carbocycles. The summed E-state index contributed by atoms with van der Waals surface area (Å²) >= 11 is 0. The summed E-state index contributed by atoms with van der Waals surface area (Å²) in [4.78, 5) is 12.9. The molecule has 0 bridgehead atoms. The van der Waals surface area contributed by atoms with Crippen LogP contribution in [-0.2, 0) is 14.8 Å². The van der Waals surface area contributed by atoms with E-state index in [9.17, 15) is 13.2 Å². The first kappa shape index (κ1) is 21.6. The van der Waals surface area contributed by atoms with Crippen molar-refractivity contribution >= 4 is 15.9 Å². The van der Waals surface area contributed by atoms with Crippen LogP contribution >= 0.6 is 0 Å². The van der Waals surface area contributed by atoms with Gasteiger partial charge in [-0.1, -0.05) is 24.3 Å². The average molecular weight is 445 g/mol. The Morgan fingerprint density at radius 2 is 1.74 bits per heavy atom. The molecule has 7 nitrogen and oxygen atoms in total. The molecule has 166 valence electrons. The van der Waals surface area contributed by atoms with Gasteiger partial charge in [-0.3, -0.25) is 4.79 Å². The topological polar surface area (TPSA) is 84.9 Å². The third kappa shape index (κ3) is 5.02. The van der Waals surface area contributed by atoms with Gasteiger partial charge in [-0.2, -0.15) is 4.31 Å². The van der Waals surface area contributed by atoms with Gasteiger partial charge < -0.3 is 14.8 Å². The number of carbonyl (C=O) groups is 1. The van der Waals surface area contributed by atoms with Crippen molar-refractivity contribution in [2.75, 3.05) is 26.3 Å². The molecular weight excluding hydrogens is 416 g/mol. The van der Waals surface area contributed by atoms with E-state index in [1.165, 1.54) is 4.31 Å². The van der Waals surface area contributed by atoms with Crippen LogP contribution in [0.15, 0.2) is 53.4 Å². The molecule has 1 amide bonds. The highest BCUT2D eigenvalue weighted by molar-refractivity contribution is 7.89. The van der Waals surface area contributed by atoms with Gasteiger partial charge in [0.25, 0.3) is 0 Å². The van der Waals surface area contributed by atoms with Crippen LogP contribution < -0.4 is 14.8 Å². The van der Waals surface area contributed by atoms with Crippen LogP contribution in [0.4, 0.5) is 0 Å². The zero-order valence-corrected chi connectivity index (χ0v) is 18.4. The summed E-state index contributed by atoms with van der Waals surface area (Å²) in [5.74, 6) is 1.59. The van der Waals surface area contributed by atoms with Gasteiger partial charge in [-0.05, 0) is 55.5 Å². The average Bonchev–Trinajstić information content (AvgIpc) is 2.79. The SMILES string of the molecule is C[C@@H](NC(=O)CC1CCN(S(=O)(=O)c2ccccc2)CC1)c1ccc2c(c1)OCCO2. The summed E-state index contributed by atoms with van der Waals surface area (Å²) in [6, 6.07) is 14.1. The predicted molar refractivity (Wildman–Crippen MR) is 117 cm³/mol. The number of fused-ring (bicyclic) bond motifs is 1. The van der Waals surface area contributed by atoms with Crippen LogP contribution in [0.5, 0.6) is 11.5 Å². The summed E-state index contributed by atoms with van der Waals surface area (Å²) in [5, 5.41) is 3.05. The van der Waals surface area contributed by atoms with Crippen molar-refractivity contribution < 1.29 is 22.7 Å². The maximum atomic E-state index is 12.7. The Kier molecular flexibility index (Phi) is 6.48. The molecule has 1 atom stereocenters. The van der Waals surface area contributed by atoms with E-state index in [-0.39, 0.29) is 17.9 Å². The number of hydrogen-bond donors (Lipinski definition) is 1. The summed E-state index contributed by atoms with van der Waals surface area (Å²) in [6.45, 7) is 3.89. The summed E-state index contributed by atoms with van der Waals surface area (Å²) < 4.78 is 38.2. The first-order valence-corrected chi connectivity index (χ1v) is 12.1. The molecular formula is C23H28N2O5S. The van der Waals surface area contributed by atoms with E-state index in [4.69, 9.17) is 9.47 Å². The fourth-order valence-electron chi connectivity index (χ4n) is 4.07. The fourth-order valence-corrected chi connectivity index (χ4v) is 5.56. The lowest BCUT2D eigenvalue weighted by Crippen LogP contribution is -2.39. The van der Waals surface area contributed by atoms with Crippen LogP contribution in [-0.4, -0.2) is 44.9 Å². The number of nitrogens with zero attached hydrogens (tertiary/aromatic N) is 1. The van der Waals surface area contributed by atoms with Crippen molar-refractivity contribution in [2.45, 2.75) is 37.1 Å². The van der Waals surface area contributed by atoms with Crippen molar-refractivity contribution in [3.63, 3.8) is 0 Å². The summed E-state index contributed by atoms with van der Waals surface area (Å²) in [5.41, 5.74) is 0.960. The van der Waals surface area contributed by atoms with Crippen molar-refractivity contribution in [1.82, 2.24) is 9.62 Å². The molecule has 1 fully saturated rings. The maximum absolute atomic E-state index is 12.7. The molecule has 0 radical (unpaired) electrons. The molecule has 2 aliphatic rings. The Hall–Kier alpha value is -2.58. The van der Waals surface area contributed by atoms with Gasteiger partial charge in [0, 0.05) is 19.5 Å². The Morgan fingerprint density at radius 3 is 2.45 bits per heavy atom. The van der Waals surface area contributed by atoms with Crippen LogP contribution in [0.25, 0.3) is 0 Å². The zero-order valence-electron chi connectivity index (χ0n) is 17.6. The molecule has 2 aromatic carbocycles. The minimum Gasteiger partial charge on any atom is -0.486 e. The largest absolute Gasteiger partial charge is 0.486 e. The fraction of sp³-hybridized carbons (Fsp3) is 0.435. The Labute approximate surface area is 183 Å². The number of rotatable bonds is 6. The lowest BCUT2D eigenvalue weighted by molar-refractivity contribution is -0.122. The van der Waals surface area contributed by atoms with Crippen molar-refractivity contribution in [2.24, 2.45) is 5.92 Å². The monoisotopic (exact) mass is 444 g/mol. The molecule has 2 aromatic rings. The minimum atomic E-state index is -3.47. The van der Waals surface area contributed by atoms with Crippen molar-refractivity contribution in [3.8, 4) is 11.5 Å². The number of ether oxygens (including phenoxy) is 2. The van der Waals surface area contributed by atoms with Gasteiger partial charge in [0.15, 0.2) is 11.5 Å². The van der Waals surface area contributed by atoms with E-state index in [0.717, 1.165) is 11.3 Å². The van der Waals surface area contributed by atoms with Gasteiger partial charge in [0.1, 0.15) is 13.2 Å². The number of sulfonamides is 1. The first-order chi connectivity index (χ1) is 14.9. The predicted octanol–water partition coefficient (Wildman–Crippen LogP) is 3.13. The van der Waals surface area contributed by atoms with Gasteiger partial charge in [0.05, 0.1) is 10.9 Å². The maximum Gasteiger partial charge on any atom is 0.243 e. The highest BCUT2D eigenvalue weighted by Gasteiger charge is 2.30. The Morgan fingerprint density at radius 1 is 1.06 bits per heavy atom. The summed E-state index contributed by atoms with van der Waals surface area (Å²) in [7, 11) is -3.47. The number of benzene rings is 2. The Bertz CT molecular complexity index is 1020. The highest BCUT2D eigenvalue weighted by Crippen LogP contribution is 2.33. The normalized spacial score (nSPS) is 18.4. The van der Waals surface area contributed by atoms with E-state index in [0.29, 0.717) is 56.2 Å². The van der Waals surface area contributed by atoms with E-state index in [2.05, 4.69) is 5.32 Å². The van der Waals surface area contributed by atoms with Crippen LogP contribution in [0.2, 0.25) is 0 Å². The number of carbonyl (C=O) groups excluding carboxylic acids is 1. The second-order valence-electron chi connectivity index (χ2n) is 8.06. The van der Waals surface area contributed by atoms with E-state index in [1.807, 2.05) is 25.1 Å². The van der Waals surface area contributed by atoms with Gasteiger partial charge in [0.2, 0.25) is 15.9 Å². The van der Waals surface area contributed by atoms with Gasteiger partial charge >= 0.3 is 0 Å². The van der Waals surface area contributed by atoms with E-state index < -0.39 is 10.0 Å². The standard InChI is InChI=1S/C23H28N2O5S/c1-17(19-7-8-21-22(16-19)30-14-13-29-21)24-23(26)15-18-9-11-25(12-10-18)31(27,28)20-5-3-2-4-6-20/h2-8,16-18H,9-15H2,1H3,(H,24,26)/t17-/m1/s1. The Balaban J connectivity index is 1.28. The number of amides is 1. The molecule has 31 heavy (non-hydrogen) atoms. The van der Waals surface area contributed by atoms with Gasteiger partial charge in [-0.25, -0.2) is 8.42 Å². The summed E-state index contributed by atoms with van der Waals surface area (Å²) in [6.07, 6.45) is 1.75. The zero-order chi connectivity index (χ0) is 21.8. The number of hydrogen-bond acceptors (Lipinski definition) is 5. The van der Waals surface area contributed by atoms with Crippen LogP contribution in [0.3, 0.4) is 0 Å². The van der Waals surface area contributed by atoms with E-state index in [1.54, 1.807) is 30.3 Å². The molecule has 4 rings (SSSR count). The molecule has 0 unspecified atom stereocenters. The second kappa shape index (κ2) is 9.28. The van der Waals surface area contributed by atoms with Crippen molar-refractivity contribution in [1.29, 1.82) is 0 Å². The molecule has 1 saturated heterocycles. The van der Waals surface area contributed by atoms with Crippen molar-refractivity contribution in [3.05, 3.63) is 54.1 Å². The van der Waals surface area contributed by atoms with Crippen LogP contribution in [0.1, 0.15) is 37.8 Å². The smallest absolute Gasteiger partial charge is 0.243 e. The van der Waals surface area contributed by atoms with E-state index >= 15 is 0 Å². The highest BCUT2D eigenvalue weighted by atomic mass is 32.2. The molecule has 2 heterocycles. The van der Waals surface area contributed by atoms with Crippen LogP contribution in [0, 0.1) is 5.92 Å². The number of piperidine rings is 1.